The summed E-state index contributed by atoms with van der Waals surface area (Å²) in [6.45, 7) is 3.95. The predicted molar refractivity (Wildman–Crippen MR) is 233 cm³/mol. The highest BCUT2D eigenvalue weighted by molar-refractivity contribution is 6.20. The summed E-state index contributed by atoms with van der Waals surface area (Å²) in [7, 11) is 2.10. The number of furan rings is 2. The van der Waals surface area contributed by atoms with Crippen LogP contribution in [0.3, 0.4) is 0 Å². The van der Waals surface area contributed by atoms with Gasteiger partial charge in [0.2, 0.25) is 0 Å². The standard InChI is InChI=1S/C45H32N2O2.C6H6/c1-3-4-21-42-44(46(2)33-17-6-5-7-18-33)43-36-19-11-10-16-32(36)28-39(45(43)49-42)47(34-24-23-30-14-8-9-15-31(30)27-34)35-25-26-41-38(29-35)37-20-12-13-22-40(37)48-41;1-2-4-6-5-3-1/h3-29H,1H2,2H3;1-6H/b21-4-;. The Hall–Kier alpha value is -7.30. The first-order valence-electron chi connectivity index (χ1n) is 18.4. The smallest absolute Gasteiger partial charge is 0.161 e. The van der Waals surface area contributed by atoms with E-state index in [9.17, 15) is 0 Å². The topological polar surface area (TPSA) is 32.8 Å². The van der Waals surface area contributed by atoms with E-state index in [0.717, 1.165) is 83.3 Å². The van der Waals surface area contributed by atoms with Gasteiger partial charge in [-0.1, -0.05) is 146 Å². The van der Waals surface area contributed by atoms with Gasteiger partial charge in [0.05, 0.1) is 16.8 Å². The van der Waals surface area contributed by atoms with Gasteiger partial charge in [-0.15, -0.1) is 0 Å². The summed E-state index contributed by atoms with van der Waals surface area (Å²) in [6.07, 6.45) is 5.72. The van der Waals surface area contributed by atoms with E-state index in [1.807, 2.05) is 66.7 Å². The van der Waals surface area contributed by atoms with Crippen LogP contribution in [0.1, 0.15) is 5.76 Å². The number of para-hydroxylation sites is 2. The van der Waals surface area contributed by atoms with E-state index >= 15 is 0 Å². The van der Waals surface area contributed by atoms with Gasteiger partial charge >= 0.3 is 0 Å². The number of benzene rings is 8. The summed E-state index contributed by atoms with van der Waals surface area (Å²) in [5, 5.41) is 7.79. The maximum Gasteiger partial charge on any atom is 0.161 e. The summed E-state index contributed by atoms with van der Waals surface area (Å²) in [6, 6.07) is 63.0. The van der Waals surface area contributed by atoms with Crippen molar-refractivity contribution in [3.8, 4) is 0 Å². The van der Waals surface area contributed by atoms with Crippen LogP contribution in [-0.2, 0) is 0 Å². The monoisotopic (exact) mass is 710 g/mol. The Morgan fingerprint density at radius 2 is 1.09 bits per heavy atom. The van der Waals surface area contributed by atoms with Crippen LogP contribution in [0.2, 0.25) is 0 Å². The van der Waals surface area contributed by atoms with Crippen LogP contribution in [0, 0.1) is 0 Å². The number of allylic oxidation sites excluding steroid dienone is 2. The van der Waals surface area contributed by atoms with Crippen molar-refractivity contribution in [2.24, 2.45) is 0 Å². The van der Waals surface area contributed by atoms with E-state index < -0.39 is 0 Å². The highest BCUT2D eigenvalue weighted by Gasteiger charge is 2.26. The molecule has 0 saturated carbocycles. The van der Waals surface area contributed by atoms with Gasteiger partial charge in [-0.25, -0.2) is 0 Å². The van der Waals surface area contributed by atoms with Crippen molar-refractivity contribution < 1.29 is 8.83 Å². The van der Waals surface area contributed by atoms with Crippen LogP contribution in [0.25, 0.3) is 60.5 Å². The molecule has 0 saturated heterocycles. The lowest BCUT2D eigenvalue weighted by Gasteiger charge is -2.27. The van der Waals surface area contributed by atoms with Crippen LogP contribution in [0.4, 0.5) is 28.4 Å². The summed E-state index contributed by atoms with van der Waals surface area (Å²) >= 11 is 0. The van der Waals surface area contributed by atoms with Gasteiger partial charge in [0.15, 0.2) is 11.3 Å². The SMILES string of the molecule is C=C/C=C\c1oc2c(N(c3ccc4ccccc4c3)c3ccc4oc5ccccc5c4c3)cc3ccccc3c2c1N(C)c1ccccc1.c1ccccc1. The maximum atomic E-state index is 7.00. The molecular formula is C51H38N2O2. The van der Waals surface area contributed by atoms with E-state index in [0.29, 0.717) is 0 Å². The number of rotatable bonds is 7. The van der Waals surface area contributed by atoms with Gasteiger partial charge in [0.25, 0.3) is 0 Å². The Labute approximate surface area is 320 Å². The van der Waals surface area contributed by atoms with Crippen molar-refractivity contribution in [2.45, 2.75) is 0 Å². The van der Waals surface area contributed by atoms with Gasteiger partial charge in [-0.2, -0.15) is 0 Å². The summed E-state index contributed by atoms with van der Waals surface area (Å²) in [4.78, 5) is 4.54. The Balaban J connectivity index is 0.000000606. The van der Waals surface area contributed by atoms with Gasteiger partial charge in [0.1, 0.15) is 11.2 Å². The molecule has 0 aliphatic heterocycles. The molecule has 0 amide bonds. The highest BCUT2D eigenvalue weighted by Crippen LogP contribution is 2.49. The summed E-state index contributed by atoms with van der Waals surface area (Å²) in [5.41, 5.74) is 7.56. The first kappa shape index (κ1) is 33.5. The van der Waals surface area contributed by atoms with E-state index in [1.165, 1.54) is 5.39 Å². The third-order valence-electron chi connectivity index (χ3n) is 10.0. The molecule has 0 aliphatic rings. The van der Waals surface area contributed by atoms with Gasteiger partial charge < -0.3 is 18.6 Å². The lowest BCUT2D eigenvalue weighted by atomic mass is 10.0. The number of anilines is 5. The molecule has 0 spiro atoms. The van der Waals surface area contributed by atoms with Gasteiger partial charge in [0, 0.05) is 34.9 Å². The molecule has 0 aliphatic carbocycles. The van der Waals surface area contributed by atoms with E-state index in [1.54, 1.807) is 6.08 Å². The third-order valence-corrected chi connectivity index (χ3v) is 10.0. The van der Waals surface area contributed by atoms with Gasteiger partial charge in [-0.3, -0.25) is 0 Å². The molecule has 0 fully saturated rings. The highest BCUT2D eigenvalue weighted by atomic mass is 16.3. The molecule has 2 aromatic heterocycles. The van der Waals surface area contributed by atoms with E-state index in [4.69, 9.17) is 8.83 Å². The molecule has 2 heterocycles. The van der Waals surface area contributed by atoms with Crippen LogP contribution >= 0.6 is 0 Å². The minimum absolute atomic E-state index is 0.758. The quantitative estimate of drug-likeness (QED) is 0.154. The second-order valence-electron chi connectivity index (χ2n) is 13.4. The largest absolute Gasteiger partial charge is 0.456 e. The average molecular weight is 711 g/mol. The Bertz CT molecular complexity index is 2950. The second-order valence-corrected chi connectivity index (χ2v) is 13.4. The van der Waals surface area contributed by atoms with Crippen molar-refractivity contribution in [1.82, 2.24) is 0 Å². The lowest BCUT2D eigenvalue weighted by Crippen LogP contribution is -2.11. The zero-order valence-electron chi connectivity index (χ0n) is 30.5. The zero-order valence-corrected chi connectivity index (χ0v) is 30.5. The normalized spacial score (nSPS) is 11.4. The lowest BCUT2D eigenvalue weighted by molar-refractivity contribution is 0.605. The van der Waals surface area contributed by atoms with Crippen molar-refractivity contribution in [3.63, 3.8) is 0 Å². The molecule has 264 valence electrons. The van der Waals surface area contributed by atoms with E-state index in [-0.39, 0.29) is 0 Å². The zero-order chi connectivity index (χ0) is 37.1. The minimum Gasteiger partial charge on any atom is -0.456 e. The first-order chi connectivity index (χ1) is 27.2. The predicted octanol–water partition coefficient (Wildman–Crippen LogP) is 14.8. The molecule has 0 radical (unpaired) electrons. The Kier molecular flexibility index (Phi) is 8.91. The fourth-order valence-corrected chi connectivity index (χ4v) is 7.46. The van der Waals surface area contributed by atoms with Gasteiger partial charge in [-0.05, 0) is 82.2 Å². The summed E-state index contributed by atoms with van der Waals surface area (Å²) < 4.78 is 13.3. The molecule has 0 unspecified atom stereocenters. The number of fused-ring (bicyclic) bond motifs is 7. The minimum atomic E-state index is 0.758. The number of hydrogen-bond acceptors (Lipinski definition) is 4. The van der Waals surface area contributed by atoms with Crippen LogP contribution in [0.15, 0.2) is 210 Å². The van der Waals surface area contributed by atoms with Crippen molar-refractivity contribution in [3.05, 3.63) is 206 Å². The second kappa shape index (κ2) is 14.6. The molecule has 0 N–H and O–H groups in total. The number of nitrogens with zero attached hydrogens (tertiary/aromatic N) is 2. The number of hydrogen-bond donors (Lipinski definition) is 0. The van der Waals surface area contributed by atoms with Crippen LogP contribution in [-0.4, -0.2) is 7.05 Å². The van der Waals surface area contributed by atoms with E-state index in [2.05, 4.69) is 151 Å². The molecule has 0 atom stereocenters. The van der Waals surface area contributed by atoms with Crippen molar-refractivity contribution in [1.29, 1.82) is 0 Å². The third kappa shape index (κ3) is 6.30. The molecule has 10 rings (SSSR count). The molecule has 4 heteroatoms. The van der Waals surface area contributed by atoms with Crippen LogP contribution < -0.4 is 9.80 Å². The maximum absolute atomic E-state index is 7.00. The first-order valence-corrected chi connectivity index (χ1v) is 18.4. The molecule has 4 nitrogen and oxygen atoms in total. The fourth-order valence-electron chi connectivity index (χ4n) is 7.46. The Morgan fingerprint density at radius 3 is 1.85 bits per heavy atom. The molecule has 10 aromatic rings. The average Bonchev–Trinajstić information content (AvgIpc) is 3.83. The Morgan fingerprint density at radius 1 is 0.491 bits per heavy atom. The van der Waals surface area contributed by atoms with Crippen molar-refractivity contribution in [2.75, 3.05) is 16.8 Å². The fraction of sp³-hybridized carbons (Fsp3) is 0.0196. The van der Waals surface area contributed by atoms with Crippen LogP contribution in [0.5, 0.6) is 0 Å². The molecule has 55 heavy (non-hydrogen) atoms. The van der Waals surface area contributed by atoms with Crippen molar-refractivity contribution >= 4 is 89.0 Å². The molecular weight excluding hydrogens is 673 g/mol. The molecule has 0 bridgehead atoms. The molecule has 8 aromatic carbocycles. The summed E-state index contributed by atoms with van der Waals surface area (Å²) in [5.74, 6) is 0.758.